The maximum absolute atomic E-state index is 12.9. The van der Waals surface area contributed by atoms with Crippen LogP contribution >= 0.6 is 11.6 Å². The van der Waals surface area contributed by atoms with Crippen molar-refractivity contribution in [2.24, 2.45) is 5.10 Å². The van der Waals surface area contributed by atoms with Crippen LogP contribution in [0.15, 0.2) is 82.0 Å². The highest BCUT2D eigenvalue weighted by molar-refractivity contribution is 6.34. The van der Waals surface area contributed by atoms with Gasteiger partial charge in [-0.2, -0.15) is 5.10 Å². The van der Waals surface area contributed by atoms with Crippen molar-refractivity contribution >= 4 is 47.5 Å². The first-order valence-electron chi connectivity index (χ1n) is 11.6. The van der Waals surface area contributed by atoms with E-state index in [9.17, 15) is 9.59 Å². The van der Waals surface area contributed by atoms with Crippen molar-refractivity contribution in [2.75, 3.05) is 18.0 Å². The van der Waals surface area contributed by atoms with Crippen LogP contribution in [0, 0.1) is 6.92 Å². The van der Waals surface area contributed by atoms with Crippen LogP contribution in [0.3, 0.4) is 0 Å². The molecule has 0 saturated heterocycles. The third-order valence-corrected chi connectivity index (χ3v) is 5.62. The average Bonchev–Trinajstić information content (AvgIpc) is 3.30. The van der Waals surface area contributed by atoms with Crippen molar-refractivity contribution in [3.05, 3.63) is 100 Å². The zero-order valence-electron chi connectivity index (χ0n) is 20.5. The first-order chi connectivity index (χ1) is 17.4. The monoisotopic (exact) mass is 504 g/mol. The van der Waals surface area contributed by atoms with Gasteiger partial charge in [-0.05, 0) is 81.0 Å². The van der Waals surface area contributed by atoms with Crippen molar-refractivity contribution in [3.63, 3.8) is 0 Å². The Kier molecular flexibility index (Phi) is 9.65. The number of hydrazone groups is 1. The van der Waals surface area contributed by atoms with Crippen LogP contribution in [0.4, 0.5) is 5.69 Å². The number of anilines is 1. The molecule has 0 aliphatic carbocycles. The summed E-state index contributed by atoms with van der Waals surface area (Å²) >= 11 is 6.16. The Balaban J connectivity index is 1.79. The Morgan fingerprint density at radius 3 is 2.39 bits per heavy atom. The lowest BCUT2D eigenvalue weighted by molar-refractivity contribution is -0.117. The van der Waals surface area contributed by atoms with Crippen LogP contribution in [-0.4, -0.2) is 31.1 Å². The van der Waals surface area contributed by atoms with E-state index >= 15 is 0 Å². The molecule has 2 N–H and O–H groups in total. The van der Waals surface area contributed by atoms with Crippen LogP contribution in [0.25, 0.3) is 12.2 Å². The van der Waals surface area contributed by atoms with Gasteiger partial charge < -0.3 is 14.6 Å². The molecular formula is C28H29ClN4O3. The van der Waals surface area contributed by atoms with Gasteiger partial charge in [0.05, 0.1) is 10.6 Å². The molecule has 0 aliphatic heterocycles. The number of furan rings is 1. The van der Waals surface area contributed by atoms with Gasteiger partial charge in [-0.1, -0.05) is 35.9 Å². The minimum atomic E-state index is -0.582. The molecule has 3 rings (SSSR count). The van der Waals surface area contributed by atoms with E-state index in [-0.39, 0.29) is 16.3 Å². The second-order valence-corrected chi connectivity index (χ2v) is 8.19. The third-order valence-electron chi connectivity index (χ3n) is 5.29. The molecule has 0 atom stereocenters. The molecule has 0 unspecified atom stereocenters. The molecule has 0 saturated carbocycles. The van der Waals surface area contributed by atoms with Gasteiger partial charge in [0.2, 0.25) is 0 Å². The van der Waals surface area contributed by atoms with Gasteiger partial charge in [0, 0.05) is 25.0 Å². The lowest BCUT2D eigenvalue weighted by Crippen LogP contribution is -2.33. The largest absolute Gasteiger partial charge is 0.462 e. The number of carbonyl (C=O) groups excluding carboxylic acids is 2. The van der Waals surface area contributed by atoms with E-state index in [2.05, 4.69) is 34.6 Å². The minimum Gasteiger partial charge on any atom is -0.462 e. The molecule has 8 heteroatoms. The molecule has 1 heterocycles. The Hall–Kier alpha value is -4.10. The molecule has 36 heavy (non-hydrogen) atoms. The summed E-state index contributed by atoms with van der Waals surface area (Å²) in [6, 6.07) is 18.0. The summed E-state index contributed by atoms with van der Waals surface area (Å²) in [5.74, 6) is 0.389. The summed E-state index contributed by atoms with van der Waals surface area (Å²) < 4.78 is 5.44. The molecule has 7 nitrogen and oxygen atoms in total. The number of nitrogens with zero attached hydrogens (tertiary/aromatic N) is 2. The molecule has 1 aromatic heterocycles. The molecule has 0 fully saturated rings. The number of benzene rings is 2. The molecule has 0 spiro atoms. The number of halogens is 1. The maximum Gasteiger partial charge on any atom is 0.287 e. The first-order valence-corrected chi connectivity index (χ1v) is 12.0. The predicted octanol–water partition coefficient (Wildman–Crippen LogP) is 5.67. The summed E-state index contributed by atoms with van der Waals surface area (Å²) in [5, 5.41) is 6.88. The summed E-state index contributed by atoms with van der Waals surface area (Å²) in [6.45, 7) is 7.82. The van der Waals surface area contributed by atoms with E-state index in [1.54, 1.807) is 42.5 Å². The van der Waals surface area contributed by atoms with Gasteiger partial charge in [0.1, 0.15) is 17.2 Å². The maximum atomic E-state index is 12.9. The predicted molar refractivity (Wildman–Crippen MR) is 146 cm³/mol. The summed E-state index contributed by atoms with van der Waals surface area (Å²) in [4.78, 5) is 28.0. The van der Waals surface area contributed by atoms with Gasteiger partial charge in [0.25, 0.3) is 11.8 Å². The highest BCUT2D eigenvalue weighted by Crippen LogP contribution is 2.18. The molecular weight excluding hydrogens is 476 g/mol. The number of carbonyl (C=O) groups is 2. The highest BCUT2D eigenvalue weighted by Gasteiger charge is 2.16. The molecule has 3 aromatic rings. The zero-order valence-corrected chi connectivity index (χ0v) is 21.3. The molecule has 0 radical (unpaired) electrons. The number of aryl methyl sites for hydroxylation is 1. The summed E-state index contributed by atoms with van der Waals surface area (Å²) in [5.41, 5.74) is 4.54. The number of nitrogens with one attached hydrogen (secondary N) is 2. The highest BCUT2D eigenvalue weighted by atomic mass is 35.5. The molecule has 2 aromatic carbocycles. The molecule has 0 aliphatic rings. The van der Waals surface area contributed by atoms with E-state index in [0.717, 1.165) is 30.1 Å². The van der Waals surface area contributed by atoms with Crippen molar-refractivity contribution in [2.45, 2.75) is 20.8 Å². The van der Waals surface area contributed by atoms with Gasteiger partial charge in [-0.25, -0.2) is 5.43 Å². The fourth-order valence-corrected chi connectivity index (χ4v) is 3.63. The van der Waals surface area contributed by atoms with Crippen LogP contribution < -0.4 is 15.6 Å². The Morgan fingerprint density at radius 2 is 1.75 bits per heavy atom. The number of allylic oxidation sites excluding steroid dienone is 1. The number of amides is 2. The van der Waals surface area contributed by atoms with Gasteiger partial charge in [0.15, 0.2) is 0 Å². The summed E-state index contributed by atoms with van der Waals surface area (Å²) in [6.07, 6.45) is 6.36. The lowest BCUT2D eigenvalue weighted by atomic mass is 10.1. The smallest absolute Gasteiger partial charge is 0.287 e. The number of rotatable bonds is 10. The Bertz CT molecular complexity index is 1270. The van der Waals surface area contributed by atoms with Crippen molar-refractivity contribution in [1.29, 1.82) is 0 Å². The molecule has 186 valence electrons. The van der Waals surface area contributed by atoms with Crippen molar-refractivity contribution < 1.29 is 14.0 Å². The Morgan fingerprint density at radius 1 is 1.03 bits per heavy atom. The zero-order chi connectivity index (χ0) is 25.9. The quantitative estimate of drug-likeness (QED) is 0.211. The normalized spacial score (nSPS) is 11.7. The van der Waals surface area contributed by atoms with Gasteiger partial charge >= 0.3 is 0 Å². The van der Waals surface area contributed by atoms with Gasteiger partial charge in [-0.15, -0.1) is 0 Å². The van der Waals surface area contributed by atoms with E-state index in [1.807, 2.05) is 43.3 Å². The number of hydrogen-bond donors (Lipinski definition) is 2. The topological polar surface area (TPSA) is 86.9 Å². The minimum absolute atomic E-state index is 0.0262. The first kappa shape index (κ1) is 26.5. The van der Waals surface area contributed by atoms with Crippen molar-refractivity contribution in [3.8, 4) is 0 Å². The number of hydrogen-bond acceptors (Lipinski definition) is 5. The van der Waals surface area contributed by atoms with Crippen LogP contribution in [0.1, 0.15) is 41.3 Å². The van der Waals surface area contributed by atoms with E-state index in [1.165, 1.54) is 6.21 Å². The SMILES string of the molecule is CCN(CC)c1ccc(/C=C(/NC(=O)c2ccccc2Cl)C(=O)N/N=C/C=C/c2ccc(C)o2)cc1. The second kappa shape index (κ2) is 13.1. The third kappa shape index (κ3) is 7.45. The average molecular weight is 505 g/mol. The summed E-state index contributed by atoms with van der Waals surface area (Å²) in [7, 11) is 0. The van der Waals surface area contributed by atoms with Crippen LogP contribution in [0.2, 0.25) is 5.02 Å². The lowest BCUT2D eigenvalue weighted by Gasteiger charge is -2.21. The van der Waals surface area contributed by atoms with E-state index in [0.29, 0.717) is 5.76 Å². The molecule has 2 amide bonds. The van der Waals surface area contributed by atoms with E-state index < -0.39 is 11.8 Å². The fraction of sp³-hybridized carbons (Fsp3) is 0.179. The van der Waals surface area contributed by atoms with Crippen LogP contribution in [0.5, 0.6) is 0 Å². The van der Waals surface area contributed by atoms with Crippen molar-refractivity contribution in [1.82, 2.24) is 10.7 Å². The molecule has 0 bridgehead atoms. The van der Waals surface area contributed by atoms with E-state index in [4.69, 9.17) is 16.0 Å². The van der Waals surface area contributed by atoms with Crippen LogP contribution in [-0.2, 0) is 4.79 Å². The second-order valence-electron chi connectivity index (χ2n) is 7.78. The van der Waals surface area contributed by atoms with Gasteiger partial charge in [-0.3, -0.25) is 9.59 Å². The fourth-order valence-electron chi connectivity index (χ4n) is 3.41. The Labute approximate surface area is 216 Å². The standard InChI is InChI=1S/C28H29ClN4O3/c1-4-33(5-2)22-15-13-21(14-16-22)19-26(31-27(34)24-10-6-7-11-25(24)29)28(35)32-30-18-8-9-23-17-12-20(3)36-23/h6-19H,4-5H2,1-3H3,(H,31,34)(H,32,35)/b9-8+,26-19+,30-18+.